The van der Waals surface area contributed by atoms with Gasteiger partial charge in [-0.2, -0.15) is 0 Å². The van der Waals surface area contributed by atoms with Crippen molar-refractivity contribution in [1.82, 2.24) is 4.90 Å². The molecule has 0 radical (unpaired) electrons. The number of carbonyl (C=O) groups is 1. The Bertz CT molecular complexity index is 361. The molecule has 0 spiro atoms. The van der Waals surface area contributed by atoms with E-state index in [9.17, 15) is 4.79 Å². The first-order chi connectivity index (χ1) is 6.68. The highest BCUT2D eigenvalue weighted by molar-refractivity contribution is 8.24. The Kier molecular flexibility index (Phi) is 2.60. The first kappa shape index (κ1) is 9.73. The van der Waals surface area contributed by atoms with E-state index in [1.807, 2.05) is 13.0 Å². The third-order valence-electron chi connectivity index (χ3n) is 2.01. The van der Waals surface area contributed by atoms with Gasteiger partial charge in [-0.15, -0.1) is 0 Å². The maximum absolute atomic E-state index is 11.6. The van der Waals surface area contributed by atoms with Crippen LogP contribution in [0.4, 0.5) is 0 Å². The van der Waals surface area contributed by atoms with Gasteiger partial charge in [-0.3, -0.25) is 9.69 Å². The highest BCUT2D eigenvalue weighted by Crippen LogP contribution is 2.28. The summed E-state index contributed by atoms with van der Waals surface area (Å²) in [6.07, 6.45) is 1.59. The van der Waals surface area contributed by atoms with E-state index in [4.69, 9.17) is 16.6 Å². The van der Waals surface area contributed by atoms with Crippen molar-refractivity contribution in [2.24, 2.45) is 0 Å². The Balaban J connectivity index is 2.12. The molecule has 0 aromatic carbocycles. The summed E-state index contributed by atoms with van der Waals surface area (Å²) >= 11 is 6.52. The lowest BCUT2D eigenvalue weighted by Crippen LogP contribution is -2.29. The molecule has 74 valence electrons. The Labute approximate surface area is 91.4 Å². The van der Waals surface area contributed by atoms with Gasteiger partial charge in [-0.25, -0.2) is 0 Å². The SMILES string of the molecule is CC1SC(=S)N(Cc2ccco2)C1=O. The lowest BCUT2D eigenvalue weighted by atomic mass is 10.3. The molecular weight excluding hydrogens is 218 g/mol. The van der Waals surface area contributed by atoms with Crippen LogP contribution in [0.1, 0.15) is 12.7 Å². The Hall–Kier alpha value is -0.810. The van der Waals surface area contributed by atoms with E-state index in [0.29, 0.717) is 10.9 Å². The zero-order valence-corrected chi connectivity index (χ0v) is 9.23. The number of amides is 1. The molecule has 0 bridgehead atoms. The van der Waals surface area contributed by atoms with Crippen LogP contribution in [0, 0.1) is 0 Å². The number of hydrogen-bond acceptors (Lipinski definition) is 4. The van der Waals surface area contributed by atoms with E-state index < -0.39 is 0 Å². The van der Waals surface area contributed by atoms with Gasteiger partial charge in [-0.1, -0.05) is 24.0 Å². The monoisotopic (exact) mass is 227 g/mol. The van der Waals surface area contributed by atoms with E-state index in [1.165, 1.54) is 11.8 Å². The molecule has 1 fully saturated rings. The molecule has 2 heterocycles. The third-order valence-corrected chi connectivity index (χ3v) is 3.49. The molecule has 1 amide bonds. The van der Waals surface area contributed by atoms with Gasteiger partial charge in [0.05, 0.1) is 18.1 Å². The molecule has 14 heavy (non-hydrogen) atoms. The Morgan fingerprint density at radius 3 is 3.00 bits per heavy atom. The van der Waals surface area contributed by atoms with Crippen molar-refractivity contribution in [3.05, 3.63) is 24.2 Å². The van der Waals surface area contributed by atoms with Gasteiger partial charge in [0.15, 0.2) is 0 Å². The normalized spacial score (nSPS) is 22.1. The van der Waals surface area contributed by atoms with Crippen LogP contribution in [0.5, 0.6) is 0 Å². The molecular formula is C9H9NO2S2. The number of nitrogens with zero attached hydrogens (tertiary/aromatic N) is 1. The van der Waals surface area contributed by atoms with Crippen LogP contribution < -0.4 is 0 Å². The van der Waals surface area contributed by atoms with Crippen molar-refractivity contribution >= 4 is 34.2 Å². The number of thioether (sulfide) groups is 1. The molecule has 0 N–H and O–H groups in total. The van der Waals surface area contributed by atoms with Crippen LogP contribution in [0.25, 0.3) is 0 Å². The van der Waals surface area contributed by atoms with Gasteiger partial charge < -0.3 is 4.42 Å². The fourth-order valence-corrected chi connectivity index (χ4v) is 2.68. The van der Waals surface area contributed by atoms with E-state index in [2.05, 4.69) is 0 Å². The second-order valence-electron chi connectivity index (χ2n) is 3.03. The minimum absolute atomic E-state index is 0.0579. The lowest BCUT2D eigenvalue weighted by Gasteiger charge is -2.12. The van der Waals surface area contributed by atoms with E-state index in [0.717, 1.165) is 5.76 Å². The summed E-state index contributed by atoms with van der Waals surface area (Å²) < 4.78 is 5.80. The van der Waals surface area contributed by atoms with E-state index in [1.54, 1.807) is 17.2 Å². The molecule has 0 aliphatic carbocycles. The number of hydrogen-bond donors (Lipinski definition) is 0. The van der Waals surface area contributed by atoms with Crippen molar-refractivity contribution in [3.8, 4) is 0 Å². The first-order valence-electron chi connectivity index (χ1n) is 4.23. The number of thiocarbonyl (C=S) groups is 1. The van der Waals surface area contributed by atoms with Crippen LogP contribution in [-0.2, 0) is 11.3 Å². The van der Waals surface area contributed by atoms with E-state index in [-0.39, 0.29) is 11.2 Å². The van der Waals surface area contributed by atoms with Crippen molar-refractivity contribution in [2.45, 2.75) is 18.7 Å². The van der Waals surface area contributed by atoms with Gasteiger partial charge in [0.1, 0.15) is 10.1 Å². The summed E-state index contributed by atoms with van der Waals surface area (Å²) in [6.45, 7) is 2.31. The highest BCUT2D eigenvalue weighted by atomic mass is 32.2. The zero-order valence-electron chi connectivity index (χ0n) is 7.60. The van der Waals surface area contributed by atoms with Crippen molar-refractivity contribution in [1.29, 1.82) is 0 Å². The third kappa shape index (κ3) is 1.69. The smallest absolute Gasteiger partial charge is 0.241 e. The van der Waals surface area contributed by atoms with Gasteiger partial charge in [-0.05, 0) is 19.1 Å². The van der Waals surface area contributed by atoms with Gasteiger partial charge in [0.2, 0.25) is 5.91 Å². The topological polar surface area (TPSA) is 33.5 Å². The molecule has 1 aliphatic heterocycles. The molecule has 1 unspecified atom stereocenters. The summed E-state index contributed by atoms with van der Waals surface area (Å²) in [6, 6.07) is 3.64. The zero-order chi connectivity index (χ0) is 10.1. The van der Waals surface area contributed by atoms with Gasteiger partial charge in [0, 0.05) is 0 Å². The molecule has 2 rings (SSSR count). The van der Waals surface area contributed by atoms with Crippen molar-refractivity contribution in [2.75, 3.05) is 0 Å². The molecule has 1 aromatic rings. The molecule has 0 saturated carbocycles. The summed E-state index contributed by atoms with van der Waals surface area (Å²) in [5.41, 5.74) is 0. The van der Waals surface area contributed by atoms with Gasteiger partial charge >= 0.3 is 0 Å². The minimum Gasteiger partial charge on any atom is -0.467 e. The predicted octanol–water partition coefficient (Wildman–Crippen LogP) is 2.03. The standard InChI is InChI=1S/C9H9NO2S2/c1-6-8(11)10(9(13)14-6)5-7-3-2-4-12-7/h2-4,6H,5H2,1H3. The summed E-state index contributed by atoms with van der Waals surface area (Å²) in [7, 11) is 0. The Morgan fingerprint density at radius 2 is 2.50 bits per heavy atom. The van der Waals surface area contributed by atoms with Crippen molar-refractivity contribution < 1.29 is 9.21 Å². The average Bonchev–Trinajstić information content (AvgIpc) is 2.71. The second-order valence-corrected chi connectivity index (χ2v) is 5.00. The molecule has 1 saturated heterocycles. The second kappa shape index (κ2) is 3.74. The quantitative estimate of drug-likeness (QED) is 0.724. The summed E-state index contributed by atoms with van der Waals surface area (Å²) in [5, 5.41) is -0.0579. The molecule has 1 atom stereocenters. The van der Waals surface area contributed by atoms with Crippen molar-refractivity contribution in [3.63, 3.8) is 0 Å². The maximum Gasteiger partial charge on any atom is 0.241 e. The van der Waals surface area contributed by atoms with Crippen LogP contribution in [-0.4, -0.2) is 20.4 Å². The van der Waals surface area contributed by atoms with Gasteiger partial charge in [0.25, 0.3) is 0 Å². The largest absolute Gasteiger partial charge is 0.467 e. The lowest BCUT2D eigenvalue weighted by molar-refractivity contribution is -0.126. The molecule has 1 aromatic heterocycles. The summed E-state index contributed by atoms with van der Waals surface area (Å²) in [4.78, 5) is 13.2. The van der Waals surface area contributed by atoms with E-state index >= 15 is 0 Å². The number of furan rings is 1. The highest BCUT2D eigenvalue weighted by Gasteiger charge is 2.33. The molecule has 1 aliphatic rings. The fraction of sp³-hybridized carbons (Fsp3) is 0.333. The minimum atomic E-state index is -0.0579. The average molecular weight is 227 g/mol. The molecule has 3 nitrogen and oxygen atoms in total. The van der Waals surface area contributed by atoms with Crippen LogP contribution >= 0.6 is 24.0 Å². The predicted molar refractivity (Wildman–Crippen MR) is 58.9 cm³/mol. The number of rotatable bonds is 2. The summed E-state index contributed by atoms with van der Waals surface area (Å²) in [5.74, 6) is 0.826. The molecule has 5 heteroatoms. The first-order valence-corrected chi connectivity index (χ1v) is 5.51. The van der Waals surface area contributed by atoms with Crippen LogP contribution in [0.2, 0.25) is 0 Å². The Morgan fingerprint density at radius 1 is 1.71 bits per heavy atom. The fourth-order valence-electron chi connectivity index (χ4n) is 1.28. The van der Waals surface area contributed by atoms with Crippen LogP contribution in [0.3, 0.4) is 0 Å². The van der Waals surface area contributed by atoms with Crippen LogP contribution in [0.15, 0.2) is 22.8 Å². The maximum atomic E-state index is 11.6. The number of carbonyl (C=O) groups excluding carboxylic acids is 1.